The second kappa shape index (κ2) is 11.7. The third-order valence-corrected chi connectivity index (χ3v) is 3.00. The Morgan fingerprint density at radius 1 is 0.727 bits per heavy atom. The standard InChI is InChI=1S/C21H30O/c1-17(2)9-7-11-19(5)13-15-21(22)16-14-20(6)12-8-10-18(3)4/h9-10,13-16H,5-8,11-12H2,1-4H3. The Labute approximate surface area is 136 Å². The molecule has 120 valence electrons. The minimum Gasteiger partial charge on any atom is -0.290 e. The molecule has 0 aromatic carbocycles. The average molecular weight is 298 g/mol. The molecular weight excluding hydrogens is 268 g/mol. The van der Waals surface area contributed by atoms with Gasteiger partial charge < -0.3 is 0 Å². The first-order valence-corrected chi connectivity index (χ1v) is 7.83. The molecule has 0 aliphatic rings. The molecule has 0 amide bonds. The summed E-state index contributed by atoms with van der Waals surface area (Å²) in [6, 6.07) is 0. The van der Waals surface area contributed by atoms with Gasteiger partial charge in [-0.3, -0.25) is 4.79 Å². The van der Waals surface area contributed by atoms with Crippen LogP contribution in [0.1, 0.15) is 53.4 Å². The van der Waals surface area contributed by atoms with E-state index in [-0.39, 0.29) is 5.78 Å². The Morgan fingerprint density at radius 2 is 1.09 bits per heavy atom. The second-order valence-corrected chi connectivity index (χ2v) is 6.03. The molecule has 0 aliphatic carbocycles. The third kappa shape index (κ3) is 13.1. The van der Waals surface area contributed by atoms with E-state index in [4.69, 9.17) is 0 Å². The quantitative estimate of drug-likeness (QED) is 0.264. The summed E-state index contributed by atoms with van der Waals surface area (Å²) >= 11 is 0. The normalized spacial score (nSPS) is 10.7. The van der Waals surface area contributed by atoms with Gasteiger partial charge >= 0.3 is 0 Å². The van der Waals surface area contributed by atoms with Crippen LogP contribution in [0.4, 0.5) is 0 Å². The second-order valence-electron chi connectivity index (χ2n) is 6.03. The summed E-state index contributed by atoms with van der Waals surface area (Å²) in [5.41, 5.74) is 4.56. The van der Waals surface area contributed by atoms with Crippen molar-refractivity contribution in [2.45, 2.75) is 53.4 Å². The van der Waals surface area contributed by atoms with E-state index in [1.165, 1.54) is 11.1 Å². The van der Waals surface area contributed by atoms with Crippen molar-refractivity contribution < 1.29 is 4.79 Å². The Bertz CT molecular complexity index is 456. The van der Waals surface area contributed by atoms with Gasteiger partial charge in [-0.1, -0.05) is 59.8 Å². The predicted octanol–water partition coefficient (Wildman–Crippen LogP) is 6.27. The Balaban J connectivity index is 4.15. The lowest BCUT2D eigenvalue weighted by Gasteiger charge is -1.97. The van der Waals surface area contributed by atoms with E-state index in [1.54, 1.807) is 24.3 Å². The minimum absolute atomic E-state index is 0.0215. The van der Waals surface area contributed by atoms with Gasteiger partial charge in [-0.2, -0.15) is 0 Å². The molecule has 1 heteroatoms. The minimum atomic E-state index is -0.0215. The summed E-state index contributed by atoms with van der Waals surface area (Å²) in [6.45, 7) is 16.2. The van der Waals surface area contributed by atoms with Crippen LogP contribution in [-0.2, 0) is 4.79 Å². The zero-order valence-electron chi connectivity index (χ0n) is 14.6. The van der Waals surface area contributed by atoms with Crippen LogP contribution in [0.5, 0.6) is 0 Å². The van der Waals surface area contributed by atoms with Crippen LogP contribution < -0.4 is 0 Å². The molecule has 0 rings (SSSR count). The van der Waals surface area contributed by atoms with Gasteiger partial charge in [0.1, 0.15) is 0 Å². The van der Waals surface area contributed by atoms with E-state index in [1.807, 2.05) is 0 Å². The van der Waals surface area contributed by atoms with Crippen molar-refractivity contribution in [3.05, 3.63) is 71.9 Å². The summed E-state index contributed by atoms with van der Waals surface area (Å²) < 4.78 is 0. The van der Waals surface area contributed by atoms with E-state index < -0.39 is 0 Å². The number of ketones is 1. The summed E-state index contributed by atoms with van der Waals surface area (Å²) in [5, 5.41) is 0. The highest BCUT2D eigenvalue weighted by molar-refractivity contribution is 5.99. The monoisotopic (exact) mass is 298 g/mol. The van der Waals surface area contributed by atoms with Gasteiger partial charge in [-0.15, -0.1) is 0 Å². The molecule has 0 fully saturated rings. The molecule has 0 spiro atoms. The molecule has 0 aromatic rings. The van der Waals surface area contributed by atoms with E-state index in [2.05, 4.69) is 53.0 Å². The Hall–Kier alpha value is -1.89. The first-order chi connectivity index (χ1) is 10.3. The van der Waals surface area contributed by atoms with Crippen molar-refractivity contribution in [3.8, 4) is 0 Å². The first kappa shape index (κ1) is 20.1. The van der Waals surface area contributed by atoms with Gasteiger partial charge in [0.15, 0.2) is 5.78 Å². The molecule has 22 heavy (non-hydrogen) atoms. The van der Waals surface area contributed by atoms with Gasteiger partial charge in [0.2, 0.25) is 0 Å². The van der Waals surface area contributed by atoms with Crippen LogP contribution in [-0.4, -0.2) is 5.78 Å². The summed E-state index contributed by atoms with van der Waals surface area (Å²) in [7, 11) is 0. The maximum atomic E-state index is 11.7. The van der Waals surface area contributed by atoms with Crippen LogP contribution in [0.3, 0.4) is 0 Å². The fourth-order valence-electron chi connectivity index (χ4n) is 1.71. The van der Waals surface area contributed by atoms with Crippen molar-refractivity contribution in [1.29, 1.82) is 0 Å². The Morgan fingerprint density at radius 3 is 1.41 bits per heavy atom. The van der Waals surface area contributed by atoms with Crippen molar-refractivity contribution >= 4 is 5.78 Å². The molecule has 0 aromatic heterocycles. The van der Waals surface area contributed by atoms with Crippen LogP contribution >= 0.6 is 0 Å². The topological polar surface area (TPSA) is 17.1 Å². The molecule has 0 atom stereocenters. The maximum absolute atomic E-state index is 11.7. The fourth-order valence-corrected chi connectivity index (χ4v) is 1.71. The molecule has 0 bridgehead atoms. The number of carbonyl (C=O) groups excluding carboxylic acids is 1. The highest BCUT2D eigenvalue weighted by Gasteiger charge is 1.93. The number of hydrogen-bond acceptors (Lipinski definition) is 1. The highest BCUT2D eigenvalue weighted by atomic mass is 16.1. The average Bonchev–Trinajstić information content (AvgIpc) is 2.42. The van der Waals surface area contributed by atoms with Crippen molar-refractivity contribution in [3.63, 3.8) is 0 Å². The van der Waals surface area contributed by atoms with Crippen LogP contribution in [0, 0.1) is 0 Å². The zero-order chi connectivity index (χ0) is 17.0. The van der Waals surface area contributed by atoms with Gasteiger partial charge in [-0.05, 0) is 65.5 Å². The number of rotatable bonds is 10. The SMILES string of the molecule is C=C(C=CC(=O)C=CC(=C)CCC=C(C)C)CCC=C(C)C. The molecule has 0 unspecified atom stereocenters. The van der Waals surface area contributed by atoms with Crippen LogP contribution in [0.15, 0.2) is 71.9 Å². The van der Waals surface area contributed by atoms with Gasteiger partial charge in [0.25, 0.3) is 0 Å². The Kier molecular flexibility index (Phi) is 10.7. The smallest absolute Gasteiger partial charge is 0.178 e. The van der Waals surface area contributed by atoms with Gasteiger partial charge in [0.05, 0.1) is 0 Å². The highest BCUT2D eigenvalue weighted by Crippen LogP contribution is 2.08. The van der Waals surface area contributed by atoms with E-state index in [0.717, 1.165) is 36.8 Å². The van der Waals surface area contributed by atoms with Gasteiger partial charge in [-0.25, -0.2) is 0 Å². The maximum Gasteiger partial charge on any atom is 0.178 e. The molecule has 0 saturated heterocycles. The van der Waals surface area contributed by atoms with Crippen molar-refractivity contribution in [2.75, 3.05) is 0 Å². The lowest BCUT2D eigenvalue weighted by Crippen LogP contribution is -1.87. The van der Waals surface area contributed by atoms with E-state index >= 15 is 0 Å². The van der Waals surface area contributed by atoms with E-state index in [9.17, 15) is 4.79 Å². The van der Waals surface area contributed by atoms with Crippen LogP contribution in [0.2, 0.25) is 0 Å². The molecule has 0 radical (unpaired) electrons. The van der Waals surface area contributed by atoms with Crippen molar-refractivity contribution in [1.82, 2.24) is 0 Å². The third-order valence-electron chi connectivity index (χ3n) is 3.00. The molecular formula is C21H30O. The molecule has 0 heterocycles. The molecule has 1 nitrogen and oxygen atoms in total. The summed E-state index contributed by atoms with van der Waals surface area (Å²) in [6.07, 6.45) is 14.8. The number of allylic oxidation sites excluding steroid dienone is 10. The van der Waals surface area contributed by atoms with Crippen LogP contribution in [0.25, 0.3) is 0 Å². The lowest BCUT2D eigenvalue weighted by molar-refractivity contribution is -0.110. The molecule has 0 aliphatic heterocycles. The number of carbonyl (C=O) groups is 1. The summed E-state index contributed by atoms with van der Waals surface area (Å²) in [4.78, 5) is 11.7. The predicted molar refractivity (Wildman–Crippen MR) is 98.9 cm³/mol. The molecule has 0 N–H and O–H groups in total. The van der Waals surface area contributed by atoms with E-state index in [0.29, 0.717) is 0 Å². The fraction of sp³-hybridized carbons (Fsp3) is 0.381. The summed E-state index contributed by atoms with van der Waals surface area (Å²) in [5.74, 6) is -0.0215. The number of hydrogen-bond donors (Lipinski definition) is 0. The zero-order valence-corrected chi connectivity index (χ0v) is 14.6. The first-order valence-electron chi connectivity index (χ1n) is 7.83. The van der Waals surface area contributed by atoms with Gasteiger partial charge in [0, 0.05) is 0 Å². The largest absolute Gasteiger partial charge is 0.290 e. The molecule has 0 saturated carbocycles. The lowest BCUT2D eigenvalue weighted by atomic mass is 10.1. The van der Waals surface area contributed by atoms with Crippen molar-refractivity contribution in [2.24, 2.45) is 0 Å².